The third-order valence-corrected chi connectivity index (χ3v) is 7.23. The number of hydrogen-bond donors (Lipinski definition) is 1. The van der Waals surface area contributed by atoms with E-state index in [0.717, 1.165) is 14.8 Å². The third-order valence-electron chi connectivity index (χ3n) is 4.39. The summed E-state index contributed by atoms with van der Waals surface area (Å²) >= 11 is 7.40. The molecule has 0 spiro atoms. The molecule has 156 valence electrons. The molecule has 0 aromatic heterocycles. The molecule has 0 heterocycles. The van der Waals surface area contributed by atoms with Crippen molar-refractivity contribution in [1.29, 1.82) is 0 Å². The van der Waals surface area contributed by atoms with Crippen LogP contribution in [0.2, 0.25) is 5.02 Å². The van der Waals surface area contributed by atoms with Crippen molar-refractivity contribution in [3.63, 3.8) is 0 Å². The molecule has 3 aromatic rings. The summed E-state index contributed by atoms with van der Waals surface area (Å²) in [5, 5.41) is 3.25. The van der Waals surface area contributed by atoms with E-state index < -0.39 is 15.9 Å². The molecule has 0 saturated carbocycles. The van der Waals surface area contributed by atoms with Gasteiger partial charge >= 0.3 is 0 Å². The Morgan fingerprint density at radius 3 is 2.27 bits per heavy atom. The van der Waals surface area contributed by atoms with E-state index in [1.807, 2.05) is 31.4 Å². The quantitative estimate of drug-likeness (QED) is 0.492. The summed E-state index contributed by atoms with van der Waals surface area (Å²) in [6.45, 7) is 1.55. The van der Waals surface area contributed by atoms with Crippen LogP contribution in [0.15, 0.2) is 82.6 Å². The zero-order valence-electron chi connectivity index (χ0n) is 16.5. The fourth-order valence-electron chi connectivity index (χ4n) is 2.83. The van der Waals surface area contributed by atoms with E-state index in [1.54, 1.807) is 30.3 Å². The van der Waals surface area contributed by atoms with Gasteiger partial charge < -0.3 is 5.32 Å². The molecule has 0 fully saturated rings. The van der Waals surface area contributed by atoms with Crippen LogP contribution in [-0.4, -0.2) is 27.1 Å². The molecule has 1 amide bonds. The monoisotopic (exact) mass is 460 g/mol. The van der Waals surface area contributed by atoms with Crippen LogP contribution in [0, 0.1) is 6.92 Å². The summed E-state index contributed by atoms with van der Waals surface area (Å²) in [6, 6.07) is 20.2. The largest absolute Gasteiger partial charge is 0.323 e. The number of rotatable bonds is 7. The van der Waals surface area contributed by atoms with Crippen molar-refractivity contribution in [1.82, 2.24) is 0 Å². The molecular weight excluding hydrogens is 440 g/mol. The van der Waals surface area contributed by atoms with E-state index in [1.165, 1.54) is 36.0 Å². The lowest BCUT2D eigenvalue weighted by Crippen LogP contribution is -2.38. The van der Waals surface area contributed by atoms with Crippen LogP contribution in [0.4, 0.5) is 11.4 Å². The first-order valence-electron chi connectivity index (χ1n) is 9.09. The summed E-state index contributed by atoms with van der Waals surface area (Å²) in [4.78, 5) is 13.8. The molecule has 0 radical (unpaired) electrons. The van der Waals surface area contributed by atoms with Gasteiger partial charge in [0.05, 0.1) is 16.3 Å². The van der Waals surface area contributed by atoms with E-state index >= 15 is 0 Å². The molecule has 3 rings (SSSR count). The Balaban J connectivity index is 1.94. The number of hydrogen-bond acceptors (Lipinski definition) is 4. The van der Waals surface area contributed by atoms with Gasteiger partial charge in [0, 0.05) is 9.92 Å². The molecule has 8 heteroatoms. The van der Waals surface area contributed by atoms with Crippen LogP contribution in [0.5, 0.6) is 0 Å². The number of sulfonamides is 1. The van der Waals surface area contributed by atoms with Gasteiger partial charge in [0.1, 0.15) is 6.54 Å². The first-order valence-corrected chi connectivity index (χ1v) is 12.1. The molecule has 0 aliphatic rings. The van der Waals surface area contributed by atoms with Gasteiger partial charge in [-0.25, -0.2) is 8.42 Å². The average Bonchev–Trinajstić information content (AvgIpc) is 2.73. The molecule has 0 bridgehead atoms. The number of carbonyl (C=O) groups is 1. The van der Waals surface area contributed by atoms with E-state index in [-0.39, 0.29) is 11.4 Å². The maximum atomic E-state index is 13.3. The van der Waals surface area contributed by atoms with Crippen LogP contribution in [0.3, 0.4) is 0 Å². The maximum Gasteiger partial charge on any atom is 0.264 e. The second kappa shape index (κ2) is 9.55. The van der Waals surface area contributed by atoms with Gasteiger partial charge in [-0.05, 0) is 61.7 Å². The Kier molecular flexibility index (Phi) is 7.07. The molecule has 3 aromatic carbocycles. The summed E-state index contributed by atoms with van der Waals surface area (Å²) in [5.74, 6) is -0.436. The molecule has 0 atom stereocenters. The molecule has 5 nitrogen and oxygen atoms in total. The number of amides is 1. The topological polar surface area (TPSA) is 66.5 Å². The second-order valence-electron chi connectivity index (χ2n) is 6.55. The lowest BCUT2D eigenvalue weighted by molar-refractivity contribution is -0.114. The predicted molar refractivity (Wildman–Crippen MR) is 124 cm³/mol. The zero-order valence-corrected chi connectivity index (χ0v) is 18.9. The van der Waals surface area contributed by atoms with Crippen LogP contribution in [0.1, 0.15) is 5.56 Å². The maximum absolute atomic E-state index is 13.3. The minimum absolute atomic E-state index is 0.0600. The Morgan fingerprint density at radius 2 is 1.63 bits per heavy atom. The number of nitrogens with one attached hydrogen (secondary N) is 1. The van der Waals surface area contributed by atoms with Gasteiger partial charge in [0.2, 0.25) is 5.91 Å². The van der Waals surface area contributed by atoms with Crippen molar-refractivity contribution in [2.24, 2.45) is 0 Å². The van der Waals surface area contributed by atoms with Crippen LogP contribution in [0.25, 0.3) is 0 Å². The molecule has 30 heavy (non-hydrogen) atoms. The SMILES string of the molecule is CSc1ccccc1NC(=O)CN(c1ccc(C)cc1)S(=O)(=O)c1ccc(Cl)cc1. The van der Waals surface area contributed by atoms with Crippen molar-refractivity contribution in [3.05, 3.63) is 83.4 Å². The van der Waals surface area contributed by atoms with Gasteiger partial charge in [-0.1, -0.05) is 41.4 Å². The van der Waals surface area contributed by atoms with Gasteiger partial charge in [-0.15, -0.1) is 11.8 Å². The van der Waals surface area contributed by atoms with Crippen molar-refractivity contribution in [2.75, 3.05) is 22.4 Å². The molecule has 0 aliphatic carbocycles. The van der Waals surface area contributed by atoms with E-state index in [9.17, 15) is 13.2 Å². The van der Waals surface area contributed by atoms with E-state index in [0.29, 0.717) is 16.4 Å². The second-order valence-corrected chi connectivity index (χ2v) is 9.70. The number of para-hydroxylation sites is 1. The Bertz CT molecular complexity index is 1130. The van der Waals surface area contributed by atoms with E-state index in [2.05, 4.69) is 5.32 Å². The molecule has 0 saturated heterocycles. The van der Waals surface area contributed by atoms with E-state index in [4.69, 9.17) is 11.6 Å². The summed E-state index contributed by atoms with van der Waals surface area (Å²) in [7, 11) is -3.98. The predicted octanol–water partition coefficient (Wildman–Crippen LogP) is 5.20. The lowest BCUT2D eigenvalue weighted by atomic mass is 10.2. The number of halogens is 1. The third kappa shape index (κ3) is 5.16. The number of nitrogens with zero attached hydrogens (tertiary/aromatic N) is 1. The Morgan fingerprint density at radius 1 is 1.00 bits per heavy atom. The van der Waals surface area contributed by atoms with Crippen LogP contribution >= 0.6 is 23.4 Å². The summed E-state index contributed by atoms with van der Waals surface area (Å²) in [6.07, 6.45) is 1.91. The van der Waals surface area contributed by atoms with Gasteiger partial charge in [0.25, 0.3) is 10.0 Å². The molecule has 0 unspecified atom stereocenters. The molecule has 0 aliphatic heterocycles. The van der Waals surface area contributed by atoms with Crippen LogP contribution < -0.4 is 9.62 Å². The summed E-state index contributed by atoms with van der Waals surface area (Å²) < 4.78 is 27.8. The van der Waals surface area contributed by atoms with Crippen molar-refractivity contribution in [2.45, 2.75) is 16.7 Å². The van der Waals surface area contributed by atoms with Gasteiger partial charge in [-0.3, -0.25) is 9.10 Å². The van der Waals surface area contributed by atoms with Crippen LogP contribution in [-0.2, 0) is 14.8 Å². The van der Waals surface area contributed by atoms with Gasteiger partial charge in [0.15, 0.2) is 0 Å². The number of carbonyl (C=O) groups excluding carboxylic acids is 1. The lowest BCUT2D eigenvalue weighted by Gasteiger charge is -2.24. The number of anilines is 2. The highest BCUT2D eigenvalue weighted by atomic mass is 35.5. The minimum atomic E-state index is -3.98. The zero-order chi connectivity index (χ0) is 21.7. The molecule has 1 N–H and O–H groups in total. The van der Waals surface area contributed by atoms with Gasteiger partial charge in [-0.2, -0.15) is 0 Å². The highest BCUT2D eigenvalue weighted by molar-refractivity contribution is 7.98. The first-order chi connectivity index (χ1) is 14.3. The standard InChI is InChI=1S/C22H21ClN2O3S2/c1-16-7-11-18(12-8-16)25(30(27,28)19-13-9-17(23)10-14-19)15-22(26)24-20-5-3-4-6-21(20)29-2/h3-14H,15H2,1-2H3,(H,24,26). The highest BCUT2D eigenvalue weighted by Crippen LogP contribution is 2.27. The van der Waals surface area contributed by atoms with Crippen molar-refractivity contribution in [3.8, 4) is 0 Å². The number of benzene rings is 3. The molecular formula is C22H21ClN2O3S2. The Hall–Kier alpha value is -2.48. The number of aryl methyl sites for hydroxylation is 1. The number of thioether (sulfide) groups is 1. The highest BCUT2D eigenvalue weighted by Gasteiger charge is 2.27. The Labute approximate surface area is 186 Å². The average molecular weight is 461 g/mol. The summed E-state index contributed by atoms with van der Waals surface area (Å²) in [5.41, 5.74) is 2.03. The minimum Gasteiger partial charge on any atom is -0.323 e. The van der Waals surface area contributed by atoms with Crippen molar-refractivity contribution < 1.29 is 13.2 Å². The fourth-order valence-corrected chi connectivity index (χ4v) is 4.93. The normalized spacial score (nSPS) is 11.2. The smallest absolute Gasteiger partial charge is 0.264 e. The van der Waals surface area contributed by atoms with Crippen molar-refractivity contribution >= 4 is 50.7 Å². The fraction of sp³-hybridized carbons (Fsp3) is 0.136. The first kappa shape index (κ1) is 22.2.